The van der Waals surface area contributed by atoms with E-state index in [2.05, 4.69) is 25.4 Å². The van der Waals surface area contributed by atoms with Gasteiger partial charge in [0.1, 0.15) is 23.6 Å². The van der Waals surface area contributed by atoms with Crippen LogP contribution in [0.5, 0.6) is 5.75 Å². The Labute approximate surface area is 172 Å². The molecule has 0 saturated heterocycles. The monoisotopic (exact) mass is 404 g/mol. The molecule has 0 spiro atoms. The third-order valence-corrected chi connectivity index (χ3v) is 4.44. The van der Waals surface area contributed by atoms with Gasteiger partial charge in [-0.25, -0.2) is 9.97 Å². The van der Waals surface area contributed by atoms with Gasteiger partial charge < -0.3 is 14.6 Å². The number of carbonyl (C=O) groups is 1. The summed E-state index contributed by atoms with van der Waals surface area (Å²) in [6, 6.07) is 11.1. The molecule has 1 amide bonds. The number of benzene rings is 1. The standard InChI is InChI=1S/C21H20N6O3/c1-3-18-25-21(30-26-18)15-7-8-22-19(10-15)27-12-17(24-13-27)20(28)23-11-14-5-4-6-16(9-14)29-2/h4-10,12-13H,3,11H2,1-2H3,(H,23,28). The molecule has 9 heteroatoms. The average Bonchev–Trinajstić information content (AvgIpc) is 3.48. The van der Waals surface area contributed by atoms with Crippen LogP contribution < -0.4 is 10.1 Å². The second-order valence-corrected chi connectivity index (χ2v) is 6.47. The maximum atomic E-state index is 12.5. The molecule has 0 aliphatic rings. The first-order valence-electron chi connectivity index (χ1n) is 9.40. The minimum Gasteiger partial charge on any atom is -0.497 e. The molecule has 0 unspecified atom stereocenters. The Morgan fingerprint density at radius 3 is 2.93 bits per heavy atom. The fourth-order valence-corrected chi connectivity index (χ4v) is 2.83. The zero-order chi connectivity index (χ0) is 20.9. The molecular weight excluding hydrogens is 384 g/mol. The summed E-state index contributed by atoms with van der Waals surface area (Å²) in [6.45, 7) is 2.33. The van der Waals surface area contributed by atoms with Crippen molar-refractivity contribution < 1.29 is 14.1 Å². The van der Waals surface area contributed by atoms with Crippen LogP contribution in [0.25, 0.3) is 17.3 Å². The number of pyridine rings is 1. The number of aromatic nitrogens is 5. The molecule has 3 aromatic heterocycles. The number of nitrogens with zero attached hydrogens (tertiary/aromatic N) is 5. The molecule has 9 nitrogen and oxygen atoms in total. The predicted octanol–water partition coefficient (Wildman–Crippen LogP) is 2.82. The van der Waals surface area contributed by atoms with E-state index in [4.69, 9.17) is 9.26 Å². The minimum absolute atomic E-state index is 0.280. The second-order valence-electron chi connectivity index (χ2n) is 6.47. The number of rotatable bonds is 7. The van der Waals surface area contributed by atoms with Gasteiger partial charge >= 0.3 is 0 Å². The quantitative estimate of drug-likeness (QED) is 0.504. The van der Waals surface area contributed by atoms with E-state index in [1.54, 1.807) is 36.2 Å². The molecule has 4 aromatic rings. The highest BCUT2D eigenvalue weighted by Crippen LogP contribution is 2.19. The Morgan fingerprint density at radius 1 is 1.23 bits per heavy atom. The molecule has 0 aliphatic heterocycles. The molecule has 0 fully saturated rings. The van der Waals surface area contributed by atoms with E-state index in [0.717, 1.165) is 16.9 Å². The topological polar surface area (TPSA) is 108 Å². The van der Waals surface area contributed by atoms with Gasteiger partial charge in [0, 0.05) is 30.9 Å². The summed E-state index contributed by atoms with van der Waals surface area (Å²) >= 11 is 0. The summed E-state index contributed by atoms with van der Waals surface area (Å²) < 4.78 is 12.1. The number of methoxy groups -OCH3 is 1. The summed E-state index contributed by atoms with van der Waals surface area (Å²) in [5.41, 5.74) is 1.96. The van der Waals surface area contributed by atoms with Gasteiger partial charge in [-0.2, -0.15) is 4.98 Å². The summed E-state index contributed by atoms with van der Waals surface area (Å²) in [4.78, 5) is 25.3. The van der Waals surface area contributed by atoms with Gasteiger partial charge in [0.2, 0.25) is 0 Å². The Kier molecular flexibility index (Phi) is 5.51. The van der Waals surface area contributed by atoms with Gasteiger partial charge in [-0.1, -0.05) is 24.2 Å². The van der Waals surface area contributed by atoms with E-state index in [-0.39, 0.29) is 11.6 Å². The van der Waals surface area contributed by atoms with Crippen molar-refractivity contribution in [2.45, 2.75) is 19.9 Å². The second kappa shape index (κ2) is 8.56. The largest absolute Gasteiger partial charge is 0.497 e. The van der Waals surface area contributed by atoms with Crippen molar-refractivity contribution in [3.63, 3.8) is 0 Å². The summed E-state index contributed by atoms with van der Waals surface area (Å²) in [6.07, 6.45) is 5.50. The van der Waals surface area contributed by atoms with Crippen LogP contribution >= 0.6 is 0 Å². The number of carbonyl (C=O) groups excluding carboxylic acids is 1. The number of hydrogen-bond donors (Lipinski definition) is 1. The predicted molar refractivity (Wildman–Crippen MR) is 108 cm³/mol. The van der Waals surface area contributed by atoms with Crippen LogP contribution in [0.2, 0.25) is 0 Å². The van der Waals surface area contributed by atoms with Crippen LogP contribution in [-0.4, -0.2) is 37.7 Å². The molecule has 0 atom stereocenters. The highest BCUT2D eigenvalue weighted by atomic mass is 16.5. The fraction of sp³-hybridized carbons (Fsp3) is 0.190. The Hall–Kier alpha value is -4.01. The third-order valence-electron chi connectivity index (χ3n) is 4.44. The van der Waals surface area contributed by atoms with Gasteiger partial charge in [0.05, 0.1) is 7.11 Å². The van der Waals surface area contributed by atoms with E-state index in [9.17, 15) is 4.79 Å². The first-order chi connectivity index (χ1) is 14.7. The van der Waals surface area contributed by atoms with Crippen molar-refractivity contribution in [1.82, 2.24) is 30.0 Å². The summed E-state index contributed by atoms with van der Waals surface area (Å²) in [5, 5.41) is 6.76. The van der Waals surface area contributed by atoms with Gasteiger partial charge in [0.15, 0.2) is 5.82 Å². The van der Waals surface area contributed by atoms with Gasteiger partial charge in [-0.3, -0.25) is 9.36 Å². The normalized spacial score (nSPS) is 10.7. The summed E-state index contributed by atoms with van der Waals surface area (Å²) in [5.74, 6) is 2.11. The van der Waals surface area contributed by atoms with Crippen LogP contribution in [0.4, 0.5) is 0 Å². The molecule has 4 rings (SSSR count). The smallest absolute Gasteiger partial charge is 0.271 e. The lowest BCUT2D eigenvalue weighted by molar-refractivity contribution is 0.0946. The lowest BCUT2D eigenvalue weighted by Crippen LogP contribution is -2.23. The maximum absolute atomic E-state index is 12.5. The van der Waals surface area contributed by atoms with E-state index in [0.29, 0.717) is 30.5 Å². The van der Waals surface area contributed by atoms with Crippen molar-refractivity contribution in [1.29, 1.82) is 0 Å². The molecule has 0 radical (unpaired) electrons. The number of imidazole rings is 1. The molecule has 0 bridgehead atoms. The van der Waals surface area contributed by atoms with Crippen molar-refractivity contribution in [2.75, 3.05) is 7.11 Å². The van der Waals surface area contributed by atoms with E-state index >= 15 is 0 Å². The minimum atomic E-state index is -0.280. The average molecular weight is 404 g/mol. The maximum Gasteiger partial charge on any atom is 0.271 e. The van der Waals surface area contributed by atoms with Crippen LogP contribution in [0, 0.1) is 0 Å². The lowest BCUT2D eigenvalue weighted by atomic mass is 10.2. The van der Waals surface area contributed by atoms with Crippen molar-refractivity contribution in [3.05, 3.63) is 72.2 Å². The van der Waals surface area contributed by atoms with Gasteiger partial charge in [-0.15, -0.1) is 0 Å². The van der Waals surface area contributed by atoms with Crippen LogP contribution in [0.3, 0.4) is 0 Å². The molecule has 3 heterocycles. The molecule has 0 aliphatic carbocycles. The molecule has 0 saturated carbocycles. The molecule has 30 heavy (non-hydrogen) atoms. The number of hydrogen-bond acceptors (Lipinski definition) is 7. The van der Waals surface area contributed by atoms with Crippen LogP contribution in [0.15, 0.2) is 59.6 Å². The lowest BCUT2D eigenvalue weighted by Gasteiger charge is -2.05. The van der Waals surface area contributed by atoms with Gasteiger partial charge in [-0.05, 0) is 29.8 Å². The van der Waals surface area contributed by atoms with Crippen LogP contribution in [0.1, 0.15) is 28.8 Å². The number of ether oxygens (including phenoxy) is 1. The zero-order valence-corrected chi connectivity index (χ0v) is 16.6. The van der Waals surface area contributed by atoms with Crippen LogP contribution in [-0.2, 0) is 13.0 Å². The van der Waals surface area contributed by atoms with Crippen molar-refractivity contribution in [2.24, 2.45) is 0 Å². The van der Waals surface area contributed by atoms with Gasteiger partial charge in [0.25, 0.3) is 11.8 Å². The Morgan fingerprint density at radius 2 is 2.13 bits per heavy atom. The molecule has 152 valence electrons. The van der Waals surface area contributed by atoms with E-state index in [1.165, 1.54) is 6.33 Å². The number of amides is 1. The Balaban J connectivity index is 1.47. The molecular formula is C21H20N6O3. The van der Waals surface area contributed by atoms with E-state index in [1.807, 2.05) is 31.2 Å². The fourth-order valence-electron chi connectivity index (χ4n) is 2.83. The van der Waals surface area contributed by atoms with Crippen molar-refractivity contribution in [3.8, 4) is 23.0 Å². The SMILES string of the molecule is CCc1noc(-c2ccnc(-n3cnc(C(=O)NCc4cccc(OC)c4)c3)c2)n1. The number of nitrogens with one attached hydrogen (secondary N) is 1. The molecule has 1 N–H and O–H groups in total. The summed E-state index contributed by atoms with van der Waals surface area (Å²) in [7, 11) is 1.61. The van der Waals surface area contributed by atoms with Crippen molar-refractivity contribution >= 4 is 5.91 Å². The van der Waals surface area contributed by atoms with E-state index < -0.39 is 0 Å². The first kappa shape index (κ1) is 19.3. The first-order valence-corrected chi connectivity index (χ1v) is 9.40. The highest BCUT2D eigenvalue weighted by Gasteiger charge is 2.13. The Bertz CT molecular complexity index is 1170. The number of aryl methyl sites for hydroxylation is 1. The zero-order valence-electron chi connectivity index (χ0n) is 16.6. The highest BCUT2D eigenvalue weighted by molar-refractivity contribution is 5.92. The molecule has 1 aromatic carbocycles. The third kappa shape index (κ3) is 4.19.